The summed E-state index contributed by atoms with van der Waals surface area (Å²) in [4.78, 5) is 38.5. The molecule has 2 aromatic rings. The highest BCUT2D eigenvalue weighted by atomic mass is 32.2. The van der Waals surface area contributed by atoms with Crippen LogP contribution in [-0.2, 0) is 9.59 Å². The van der Waals surface area contributed by atoms with Crippen LogP contribution < -0.4 is 20.1 Å². The second-order valence-corrected chi connectivity index (χ2v) is 8.28. The Labute approximate surface area is 197 Å². The van der Waals surface area contributed by atoms with Gasteiger partial charge in [0.15, 0.2) is 11.5 Å². The van der Waals surface area contributed by atoms with Crippen LogP contribution in [0.5, 0.6) is 11.5 Å². The summed E-state index contributed by atoms with van der Waals surface area (Å²) in [6.45, 7) is 2.81. The van der Waals surface area contributed by atoms with Gasteiger partial charge < -0.3 is 20.1 Å². The molecule has 174 valence electrons. The number of nitrogens with zero attached hydrogens (tertiary/aromatic N) is 1. The first-order valence-corrected chi connectivity index (χ1v) is 11.3. The molecular weight excluding hydrogens is 442 g/mol. The van der Waals surface area contributed by atoms with Crippen molar-refractivity contribution in [2.45, 2.75) is 13.3 Å². The van der Waals surface area contributed by atoms with Crippen molar-refractivity contribution in [3.63, 3.8) is 0 Å². The van der Waals surface area contributed by atoms with Crippen molar-refractivity contribution < 1.29 is 23.9 Å². The number of carbonyl (C=O) groups is 3. The van der Waals surface area contributed by atoms with Crippen molar-refractivity contribution in [3.8, 4) is 11.5 Å². The summed E-state index contributed by atoms with van der Waals surface area (Å²) < 4.78 is 10.5. The van der Waals surface area contributed by atoms with Crippen LogP contribution >= 0.6 is 11.8 Å². The van der Waals surface area contributed by atoms with Crippen molar-refractivity contribution in [1.82, 2.24) is 10.2 Å². The lowest BCUT2D eigenvalue weighted by atomic mass is 10.2. The van der Waals surface area contributed by atoms with E-state index in [4.69, 9.17) is 9.47 Å². The average Bonchev–Trinajstić information content (AvgIpc) is 3.07. The van der Waals surface area contributed by atoms with Crippen molar-refractivity contribution in [2.75, 3.05) is 39.2 Å². The van der Waals surface area contributed by atoms with Gasteiger partial charge in [-0.25, -0.2) is 0 Å². The number of ether oxygens (including phenoxy) is 2. The van der Waals surface area contributed by atoms with Crippen molar-refractivity contribution in [3.05, 3.63) is 58.5 Å². The summed E-state index contributed by atoms with van der Waals surface area (Å²) in [5, 5.41) is 5.63. The zero-order chi connectivity index (χ0) is 23.8. The number of methoxy groups -OCH3 is 2. The number of amides is 3. The van der Waals surface area contributed by atoms with Crippen LogP contribution in [0.25, 0.3) is 6.08 Å². The monoisotopic (exact) mass is 469 g/mol. The van der Waals surface area contributed by atoms with E-state index in [-0.39, 0.29) is 36.6 Å². The summed E-state index contributed by atoms with van der Waals surface area (Å²) in [5.41, 5.74) is 2.82. The van der Waals surface area contributed by atoms with Crippen LogP contribution in [0.4, 0.5) is 10.5 Å². The van der Waals surface area contributed by atoms with Gasteiger partial charge in [0.05, 0.1) is 19.1 Å². The predicted molar refractivity (Wildman–Crippen MR) is 130 cm³/mol. The number of imide groups is 1. The molecule has 1 aliphatic heterocycles. The Morgan fingerprint density at radius 3 is 2.55 bits per heavy atom. The van der Waals surface area contributed by atoms with Gasteiger partial charge in [-0.05, 0) is 54.1 Å². The van der Waals surface area contributed by atoms with Gasteiger partial charge in [-0.1, -0.05) is 24.3 Å². The third-order valence-electron chi connectivity index (χ3n) is 5.05. The minimum absolute atomic E-state index is 0.116. The summed E-state index contributed by atoms with van der Waals surface area (Å²) in [5.74, 6) is 0.580. The van der Waals surface area contributed by atoms with E-state index in [2.05, 4.69) is 10.6 Å². The Morgan fingerprint density at radius 1 is 1.06 bits per heavy atom. The Kier molecular flexibility index (Phi) is 8.37. The van der Waals surface area contributed by atoms with Crippen molar-refractivity contribution >= 4 is 40.6 Å². The minimum atomic E-state index is -0.379. The van der Waals surface area contributed by atoms with Crippen molar-refractivity contribution in [2.24, 2.45) is 0 Å². The number of rotatable bonds is 10. The lowest BCUT2D eigenvalue weighted by Gasteiger charge is -2.13. The molecule has 9 heteroatoms. The Balaban J connectivity index is 1.48. The third-order valence-corrected chi connectivity index (χ3v) is 5.96. The molecule has 0 aromatic heterocycles. The maximum Gasteiger partial charge on any atom is 0.293 e. The highest BCUT2D eigenvalue weighted by Gasteiger charge is 2.34. The van der Waals surface area contributed by atoms with Crippen LogP contribution in [0.1, 0.15) is 17.5 Å². The Morgan fingerprint density at radius 2 is 1.82 bits per heavy atom. The molecule has 2 aromatic carbocycles. The molecule has 2 N–H and O–H groups in total. The number of anilines is 1. The van der Waals surface area contributed by atoms with Gasteiger partial charge in [-0.3, -0.25) is 19.3 Å². The summed E-state index contributed by atoms with van der Waals surface area (Å²) in [6, 6.07) is 13.1. The normalized spacial score (nSPS) is 14.5. The molecule has 1 saturated heterocycles. The van der Waals surface area contributed by atoms with E-state index in [0.29, 0.717) is 28.5 Å². The lowest BCUT2D eigenvalue weighted by molar-refractivity contribution is -0.124. The van der Waals surface area contributed by atoms with Gasteiger partial charge in [-0.15, -0.1) is 0 Å². The van der Waals surface area contributed by atoms with E-state index in [1.54, 1.807) is 31.4 Å². The first-order chi connectivity index (χ1) is 15.9. The number of carbonyl (C=O) groups excluding carboxylic acids is 3. The molecule has 0 spiro atoms. The summed E-state index contributed by atoms with van der Waals surface area (Å²) in [7, 11) is 3.07. The molecular formula is C24H27N3O5S. The molecule has 3 rings (SSSR count). The largest absolute Gasteiger partial charge is 0.493 e. The number of nitrogens with one attached hydrogen (secondary N) is 2. The van der Waals surface area contributed by atoms with Crippen LogP contribution in [0.3, 0.4) is 0 Å². The van der Waals surface area contributed by atoms with Crippen molar-refractivity contribution in [1.29, 1.82) is 0 Å². The van der Waals surface area contributed by atoms with E-state index in [0.717, 1.165) is 27.9 Å². The standard InChI is InChI=1S/C24H27N3O5S/c1-16-6-4-5-7-18(16)25-11-10-22(28)26-12-13-27-23(29)21(33-24(27)30)15-17-8-9-19(31-2)20(14-17)32-3/h4-9,14-15,25H,10-13H2,1-3H3,(H,26,28). The number of hydrogen-bond acceptors (Lipinski definition) is 7. The molecule has 1 fully saturated rings. The fourth-order valence-corrected chi connectivity index (χ4v) is 4.13. The SMILES string of the molecule is COc1ccc(C=C2SC(=O)N(CCNC(=O)CCNc3ccccc3C)C2=O)cc1OC. The highest BCUT2D eigenvalue weighted by Crippen LogP contribution is 2.34. The van der Waals surface area contributed by atoms with Gasteiger partial charge in [0.2, 0.25) is 5.91 Å². The topological polar surface area (TPSA) is 97.0 Å². The van der Waals surface area contributed by atoms with E-state index in [1.807, 2.05) is 31.2 Å². The molecule has 3 amide bonds. The third kappa shape index (κ3) is 6.29. The first-order valence-electron chi connectivity index (χ1n) is 10.5. The summed E-state index contributed by atoms with van der Waals surface area (Å²) in [6.07, 6.45) is 1.93. The molecule has 33 heavy (non-hydrogen) atoms. The minimum Gasteiger partial charge on any atom is -0.493 e. The molecule has 0 aliphatic carbocycles. The fourth-order valence-electron chi connectivity index (χ4n) is 3.26. The smallest absolute Gasteiger partial charge is 0.293 e. The Hall–Kier alpha value is -3.46. The molecule has 8 nitrogen and oxygen atoms in total. The molecule has 1 heterocycles. The maximum atomic E-state index is 12.7. The van der Waals surface area contributed by atoms with E-state index >= 15 is 0 Å². The first kappa shape index (κ1) is 24.2. The quantitative estimate of drug-likeness (QED) is 0.513. The van der Waals surface area contributed by atoms with Gasteiger partial charge in [0, 0.05) is 31.7 Å². The van der Waals surface area contributed by atoms with E-state index < -0.39 is 0 Å². The number of hydrogen-bond donors (Lipinski definition) is 2. The second kappa shape index (κ2) is 11.4. The Bertz CT molecular complexity index is 1070. The average molecular weight is 470 g/mol. The molecule has 1 aliphatic rings. The van der Waals surface area contributed by atoms with Gasteiger partial charge >= 0.3 is 0 Å². The molecule has 0 bridgehead atoms. The lowest BCUT2D eigenvalue weighted by Crippen LogP contribution is -2.37. The second-order valence-electron chi connectivity index (χ2n) is 7.29. The van der Waals surface area contributed by atoms with Crippen LogP contribution in [-0.4, -0.2) is 55.8 Å². The predicted octanol–water partition coefficient (Wildman–Crippen LogP) is 3.67. The van der Waals surface area contributed by atoms with Crippen LogP contribution in [0.2, 0.25) is 0 Å². The number of benzene rings is 2. The van der Waals surface area contributed by atoms with E-state index in [9.17, 15) is 14.4 Å². The van der Waals surface area contributed by atoms with Crippen LogP contribution in [0, 0.1) is 6.92 Å². The van der Waals surface area contributed by atoms with Gasteiger partial charge in [0.1, 0.15) is 0 Å². The zero-order valence-corrected chi connectivity index (χ0v) is 19.7. The molecule has 0 saturated carbocycles. The number of aryl methyl sites for hydroxylation is 1. The molecule has 0 unspecified atom stereocenters. The molecule has 0 radical (unpaired) electrons. The van der Waals surface area contributed by atoms with Gasteiger partial charge in [0.25, 0.3) is 11.1 Å². The fraction of sp³-hybridized carbons (Fsp3) is 0.292. The maximum absolute atomic E-state index is 12.7. The zero-order valence-electron chi connectivity index (χ0n) is 18.8. The number of thioether (sulfide) groups is 1. The number of para-hydroxylation sites is 1. The summed E-state index contributed by atoms with van der Waals surface area (Å²) >= 11 is 0.875. The highest BCUT2D eigenvalue weighted by molar-refractivity contribution is 8.18. The van der Waals surface area contributed by atoms with Crippen LogP contribution in [0.15, 0.2) is 47.4 Å². The van der Waals surface area contributed by atoms with Gasteiger partial charge in [-0.2, -0.15) is 0 Å². The molecule has 0 atom stereocenters. The van der Waals surface area contributed by atoms with E-state index in [1.165, 1.54) is 7.11 Å².